The molecule has 3 heterocycles. The van der Waals surface area contributed by atoms with Gasteiger partial charge in [-0.15, -0.1) is 0 Å². The van der Waals surface area contributed by atoms with Gasteiger partial charge in [-0.05, 0) is 42.7 Å². The van der Waals surface area contributed by atoms with Crippen LogP contribution in [0.1, 0.15) is 18.4 Å². The summed E-state index contributed by atoms with van der Waals surface area (Å²) in [5.41, 5.74) is 1.86. The maximum atomic E-state index is 12.1. The first-order valence-electron chi connectivity index (χ1n) is 7.79. The van der Waals surface area contributed by atoms with Crippen molar-refractivity contribution < 1.29 is 9.53 Å². The molecule has 2 N–H and O–H groups in total. The van der Waals surface area contributed by atoms with Crippen molar-refractivity contribution in [2.24, 2.45) is 5.92 Å². The summed E-state index contributed by atoms with van der Waals surface area (Å²) in [6, 6.07) is 7.63. The lowest BCUT2D eigenvalue weighted by Gasteiger charge is -2.21. The Balaban J connectivity index is 1.51. The molecule has 2 aromatic rings. The van der Waals surface area contributed by atoms with Gasteiger partial charge >= 0.3 is 0 Å². The molecule has 120 valence electrons. The molecule has 0 radical (unpaired) electrons. The Morgan fingerprint density at radius 1 is 1.17 bits per heavy atom. The van der Waals surface area contributed by atoms with Crippen LogP contribution >= 0.6 is 0 Å². The number of hydrogen-bond donors (Lipinski definition) is 2. The molecule has 6 heteroatoms. The van der Waals surface area contributed by atoms with Crippen molar-refractivity contribution in [2.45, 2.75) is 19.4 Å². The second kappa shape index (κ2) is 7.69. The number of aromatic nitrogens is 2. The summed E-state index contributed by atoms with van der Waals surface area (Å²) >= 11 is 0. The van der Waals surface area contributed by atoms with Crippen LogP contribution in [-0.4, -0.2) is 29.1 Å². The summed E-state index contributed by atoms with van der Waals surface area (Å²) in [6.07, 6.45) is 6.76. The average molecular weight is 312 g/mol. The zero-order valence-electron chi connectivity index (χ0n) is 12.9. The Labute approximate surface area is 135 Å². The quantitative estimate of drug-likeness (QED) is 0.887. The molecular weight excluding hydrogens is 292 g/mol. The molecule has 6 nitrogen and oxygen atoms in total. The molecule has 0 bridgehead atoms. The van der Waals surface area contributed by atoms with Crippen LogP contribution in [0, 0.1) is 5.92 Å². The number of rotatable bonds is 5. The third kappa shape index (κ3) is 4.50. The van der Waals surface area contributed by atoms with Gasteiger partial charge in [-0.2, -0.15) is 0 Å². The average Bonchev–Trinajstić information content (AvgIpc) is 2.63. The molecule has 1 aliphatic rings. The molecule has 0 atom stereocenters. The highest BCUT2D eigenvalue weighted by molar-refractivity contribution is 5.92. The maximum absolute atomic E-state index is 12.1. The minimum Gasteiger partial charge on any atom is -0.381 e. The molecule has 1 amide bonds. The maximum Gasteiger partial charge on any atom is 0.227 e. The smallest absolute Gasteiger partial charge is 0.227 e. The number of carbonyl (C=O) groups excluding carboxylic acids is 1. The van der Waals surface area contributed by atoms with E-state index < -0.39 is 0 Å². The van der Waals surface area contributed by atoms with Gasteiger partial charge in [0.25, 0.3) is 0 Å². The van der Waals surface area contributed by atoms with Gasteiger partial charge in [-0.3, -0.25) is 9.78 Å². The molecule has 1 fully saturated rings. The Hall–Kier alpha value is -2.47. The van der Waals surface area contributed by atoms with Crippen LogP contribution in [-0.2, 0) is 16.1 Å². The fraction of sp³-hybridized carbons (Fsp3) is 0.353. The second-order valence-corrected chi connectivity index (χ2v) is 5.52. The fourth-order valence-electron chi connectivity index (χ4n) is 2.47. The molecule has 2 aromatic heterocycles. The van der Waals surface area contributed by atoms with Gasteiger partial charge in [-0.25, -0.2) is 4.98 Å². The van der Waals surface area contributed by atoms with Crippen molar-refractivity contribution in [2.75, 3.05) is 23.8 Å². The zero-order valence-corrected chi connectivity index (χ0v) is 12.9. The number of carbonyl (C=O) groups is 1. The summed E-state index contributed by atoms with van der Waals surface area (Å²) in [5, 5.41) is 6.16. The van der Waals surface area contributed by atoms with Crippen molar-refractivity contribution in [1.29, 1.82) is 0 Å². The summed E-state index contributed by atoms with van der Waals surface area (Å²) < 4.78 is 5.27. The number of nitrogens with one attached hydrogen (secondary N) is 2. The van der Waals surface area contributed by atoms with Crippen LogP contribution in [0.15, 0.2) is 42.9 Å². The number of ether oxygens (including phenoxy) is 1. The molecule has 0 aliphatic carbocycles. The first-order valence-corrected chi connectivity index (χ1v) is 7.79. The van der Waals surface area contributed by atoms with Crippen molar-refractivity contribution in [3.8, 4) is 0 Å². The normalized spacial score (nSPS) is 15.1. The number of amides is 1. The van der Waals surface area contributed by atoms with Crippen LogP contribution in [0.4, 0.5) is 11.5 Å². The molecule has 1 aliphatic heterocycles. The standard InChI is InChI=1S/C17H20N4O2/c22-17(14-5-9-23-10-6-14)21-15-1-2-16(20-12-15)19-11-13-3-7-18-8-4-13/h1-4,7-8,12,14H,5-6,9-11H2,(H,19,20)(H,21,22). The van der Waals surface area contributed by atoms with E-state index in [0.717, 1.165) is 29.9 Å². The largest absolute Gasteiger partial charge is 0.381 e. The zero-order chi connectivity index (χ0) is 15.9. The molecule has 0 saturated carbocycles. The van der Waals surface area contributed by atoms with Gasteiger partial charge in [-0.1, -0.05) is 0 Å². The third-order valence-corrected chi connectivity index (χ3v) is 3.85. The van der Waals surface area contributed by atoms with Gasteiger partial charge in [0, 0.05) is 38.1 Å². The number of anilines is 2. The predicted molar refractivity (Wildman–Crippen MR) is 88.0 cm³/mol. The van der Waals surface area contributed by atoms with Gasteiger partial charge in [0.1, 0.15) is 5.82 Å². The van der Waals surface area contributed by atoms with Crippen LogP contribution < -0.4 is 10.6 Å². The van der Waals surface area contributed by atoms with E-state index in [2.05, 4.69) is 20.6 Å². The van der Waals surface area contributed by atoms with Gasteiger partial charge in [0.2, 0.25) is 5.91 Å². The number of hydrogen-bond acceptors (Lipinski definition) is 5. The first kappa shape index (κ1) is 15.4. The highest BCUT2D eigenvalue weighted by Gasteiger charge is 2.21. The van der Waals surface area contributed by atoms with E-state index in [4.69, 9.17) is 4.74 Å². The predicted octanol–water partition coefficient (Wildman–Crippen LogP) is 2.45. The summed E-state index contributed by atoms with van der Waals surface area (Å²) in [5.74, 6) is 0.853. The molecule has 3 rings (SSSR count). The molecule has 0 spiro atoms. The van der Waals surface area contributed by atoms with Crippen molar-refractivity contribution in [3.05, 3.63) is 48.4 Å². The summed E-state index contributed by atoms with van der Waals surface area (Å²) in [6.45, 7) is 2.01. The van der Waals surface area contributed by atoms with Crippen molar-refractivity contribution in [3.63, 3.8) is 0 Å². The third-order valence-electron chi connectivity index (χ3n) is 3.85. The van der Waals surface area contributed by atoms with Crippen molar-refractivity contribution >= 4 is 17.4 Å². The Morgan fingerprint density at radius 2 is 1.96 bits per heavy atom. The lowest BCUT2D eigenvalue weighted by atomic mass is 9.99. The van der Waals surface area contributed by atoms with Crippen molar-refractivity contribution in [1.82, 2.24) is 9.97 Å². The highest BCUT2D eigenvalue weighted by Crippen LogP contribution is 2.18. The second-order valence-electron chi connectivity index (χ2n) is 5.52. The van der Waals surface area contributed by atoms with Gasteiger partial charge in [0.05, 0.1) is 11.9 Å². The molecular formula is C17H20N4O2. The molecule has 1 saturated heterocycles. The van der Waals surface area contributed by atoms with E-state index in [1.807, 2.05) is 24.3 Å². The van der Waals surface area contributed by atoms with E-state index in [1.165, 1.54) is 0 Å². The van der Waals surface area contributed by atoms with Crippen LogP contribution in [0.5, 0.6) is 0 Å². The SMILES string of the molecule is O=C(Nc1ccc(NCc2ccncc2)nc1)C1CCOCC1. The molecule has 23 heavy (non-hydrogen) atoms. The molecule has 0 aromatic carbocycles. The highest BCUT2D eigenvalue weighted by atomic mass is 16.5. The van der Waals surface area contributed by atoms with Crippen LogP contribution in [0.3, 0.4) is 0 Å². The van der Waals surface area contributed by atoms with E-state index in [-0.39, 0.29) is 11.8 Å². The minimum absolute atomic E-state index is 0.0354. The van der Waals surface area contributed by atoms with Gasteiger partial charge < -0.3 is 15.4 Å². The summed E-state index contributed by atoms with van der Waals surface area (Å²) in [7, 11) is 0. The van der Waals surface area contributed by atoms with Crippen LogP contribution in [0.2, 0.25) is 0 Å². The monoisotopic (exact) mass is 312 g/mol. The van der Waals surface area contributed by atoms with E-state index in [9.17, 15) is 4.79 Å². The Morgan fingerprint density at radius 3 is 2.65 bits per heavy atom. The Bertz CT molecular complexity index is 625. The number of nitrogens with zero attached hydrogens (tertiary/aromatic N) is 2. The Kier molecular flexibility index (Phi) is 5.16. The minimum atomic E-state index is 0.0354. The van der Waals surface area contributed by atoms with Gasteiger partial charge in [0.15, 0.2) is 0 Å². The lowest BCUT2D eigenvalue weighted by molar-refractivity contribution is -0.122. The van der Waals surface area contributed by atoms with E-state index in [0.29, 0.717) is 19.8 Å². The van der Waals surface area contributed by atoms with E-state index in [1.54, 1.807) is 18.6 Å². The summed E-state index contributed by atoms with van der Waals surface area (Å²) in [4.78, 5) is 20.5. The first-order chi connectivity index (χ1) is 11.3. The van der Waals surface area contributed by atoms with E-state index >= 15 is 0 Å². The van der Waals surface area contributed by atoms with Crippen LogP contribution in [0.25, 0.3) is 0 Å². The number of pyridine rings is 2. The molecule has 0 unspecified atom stereocenters. The lowest BCUT2D eigenvalue weighted by Crippen LogP contribution is -2.28. The topological polar surface area (TPSA) is 76.1 Å². The fourth-order valence-corrected chi connectivity index (χ4v) is 2.47.